The summed E-state index contributed by atoms with van der Waals surface area (Å²) in [4.78, 5) is 0. The second-order valence-corrected chi connectivity index (χ2v) is 4.12. The van der Waals surface area contributed by atoms with Crippen molar-refractivity contribution >= 4 is 0 Å². The van der Waals surface area contributed by atoms with E-state index in [1.54, 1.807) is 7.11 Å². The first kappa shape index (κ1) is 10.7. The van der Waals surface area contributed by atoms with Gasteiger partial charge in [-0.05, 0) is 5.56 Å². The third-order valence-electron chi connectivity index (χ3n) is 2.74. The molecule has 0 amide bonds. The molecule has 0 heterocycles. The van der Waals surface area contributed by atoms with Gasteiger partial charge < -0.3 is 9.47 Å². The second kappa shape index (κ2) is 5.29. The quantitative estimate of drug-likeness (QED) is 0.742. The molecule has 0 N–H and O–H groups in total. The topological polar surface area (TPSA) is 18.5 Å². The average Bonchev–Trinajstić information content (AvgIpc) is 2.30. The lowest BCUT2D eigenvalue weighted by Crippen LogP contribution is -2.38. The van der Waals surface area contributed by atoms with Crippen molar-refractivity contribution in [3.05, 3.63) is 35.9 Å². The first-order chi connectivity index (χ1) is 7.54. The summed E-state index contributed by atoms with van der Waals surface area (Å²) in [5.41, 5.74) is 0.898. The van der Waals surface area contributed by atoms with Gasteiger partial charge in [0.15, 0.2) is 0 Å². The second-order valence-electron chi connectivity index (χ2n) is 4.12. The summed E-state index contributed by atoms with van der Waals surface area (Å²) in [7, 11) is 3.15. The van der Waals surface area contributed by atoms with Crippen LogP contribution in [-0.2, 0) is 14.9 Å². The van der Waals surface area contributed by atoms with Gasteiger partial charge in [0.1, 0.15) is 0 Å². The van der Waals surface area contributed by atoms with Gasteiger partial charge >= 0.3 is 0 Å². The van der Waals surface area contributed by atoms with Crippen molar-refractivity contribution in [3.8, 4) is 0 Å². The molecular weight excluding hydrogens is 188 g/mol. The van der Waals surface area contributed by atoms with Gasteiger partial charge in [-0.2, -0.15) is 0 Å². The van der Waals surface area contributed by atoms with Crippen LogP contribution in [0.4, 0.5) is 0 Å². The van der Waals surface area contributed by atoms with Crippen LogP contribution in [0.5, 0.6) is 0 Å². The third kappa shape index (κ3) is 2.80. The molecule has 0 aliphatic heterocycles. The lowest BCUT2D eigenvalue weighted by Gasteiger charge is -2.33. The summed E-state index contributed by atoms with van der Waals surface area (Å²) >= 11 is 0. The monoisotopic (exact) mass is 209 g/mol. The molecule has 0 saturated heterocycles. The highest BCUT2D eigenvalue weighted by molar-refractivity contribution is 5.25. The lowest BCUT2D eigenvalue weighted by molar-refractivity contribution is -0.0128. The van der Waals surface area contributed by atoms with E-state index in [4.69, 9.17) is 10.8 Å². The van der Waals surface area contributed by atoms with Crippen LogP contribution in [0, 0.1) is 0 Å². The van der Waals surface area contributed by atoms with Crippen LogP contribution >= 0.6 is 0 Å². The van der Waals surface area contributed by atoms with Crippen molar-refractivity contribution in [1.29, 1.82) is 0 Å². The van der Waals surface area contributed by atoms with Crippen LogP contribution in [0.2, 0.25) is 0 Å². The van der Waals surface area contributed by atoms with Gasteiger partial charge in [0.25, 0.3) is 0 Å². The maximum absolute atomic E-state index is 7.84. The predicted octanol–water partition coefficient (Wildman–Crippen LogP) is 2.63. The minimum atomic E-state index is -0.680. The summed E-state index contributed by atoms with van der Waals surface area (Å²) in [6, 6.07) is 10.1. The minimum absolute atomic E-state index is 0.252. The van der Waals surface area contributed by atoms with Crippen LogP contribution < -0.4 is 0 Å². The van der Waals surface area contributed by atoms with Gasteiger partial charge in [-0.15, -0.1) is 0 Å². The molecule has 0 fully saturated rings. The molecule has 0 aliphatic carbocycles. The van der Waals surface area contributed by atoms with Crippen molar-refractivity contribution in [1.82, 2.24) is 0 Å². The zero-order valence-electron chi connectivity index (χ0n) is 10.9. The van der Waals surface area contributed by atoms with Crippen LogP contribution in [0.25, 0.3) is 0 Å². The SMILES string of the molecule is [2H][C@@H](OC)[C@H](OC)C(C)(C)c1ccccc1. The fraction of sp³-hybridized carbons (Fsp3) is 0.538. The van der Waals surface area contributed by atoms with Gasteiger partial charge in [-0.1, -0.05) is 44.2 Å². The number of methoxy groups -OCH3 is 2. The van der Waals surface area contributed by atoms with Crippen LogP contribution in [-0.4, -0.2) is 26.9 Å². The van der Waals surface area contributed by atoms with E-state index in [0.717, 1.165) is 5.56 Å². The fourth-order valence-electron chi connectivity index (χ4n) is 1.68. The molecule has 2 heteroatoms. The lowest BCUT2D eigenvalue weighted by atomic mass is 9.79. The Morgan fingerprint density at radius 2 is 1.87 bits per heavy atom. The van der Waals surface area contributed by atoms with E-state index in [1.807, 2.05) is 18.2 Å². The fourth-order valence-corrected chi connectivity index (χ4v) is 1.68. The first-order valence-electron chi connectivity index (χ1n) is 5.65. The van der Waals surface area contributed by atoms with Crippen molar-refractivity contribution in [2.45, 2.75) is 25.4 Å². The summed E-state index contributed by atoms with van der Waals surface area (Å²) in [6.07, 6.45) is -0.292. The molecule has 0 spiro atoms. The molecule has 0 saturated carbocycles. The van der Waals surface area contributed by atoms with Crippen molar-refractivity contribution in [2.24, 2.45) is 0 Å². The Morgan fingerprint density at radius 1 is 1.27 bits per heavy atom. The van der Waals surface area contributed by atoms with Crippen LogP contribution in [0.15, 0.2) is 30.3 Å². The largest absolute Gasteiger partial charge is 0.382 e. The Hall–Kier alpha value is -0.860. The van der Waals surface area contributed by atoms with Gasteiger partial charge in [0, 0.05) is 19.6 Å². The Balaban J connectivity index is 2.99. The van der Waals surface area contributed by atoms with E-state index in [1.165, 1.54) is 7.11 Å². The molecule has 2 nitrogen and oxygen atoms in total. The van der Waals surface area contributed by atoms with E-state index in [2.05, 4.69) is 26.0 Å². The summed E-state index contributed by atoms with van der Waals surface area (Å²) in [5.74, 6) is 0. The van der Waals surface area contributed by atoms with Crippen LogP contribution in [0.1, 0.15) is 20.8 Å². The molecule has 84 valence electrons. The molecule has 0 aliphatic rings. The molecular formula is C13H20O2. The van der Waals surface area contributed by atoms with Gasteiger partial charge in [0.2, 0.25) is 0 Å². The molecule has 15 heavy (non-hydrogen) atoms. The number of rotatable bonds is 5. The highest BCUT2D eigenvalue weighted by Crippen LogP contribution is 2.28. The number of hydrogen-bond acceptors (Lipinski definition) is 2. The number of hydrogen-bond donors (Lipinski definition) is 0. The zero-order chi connectivity index (χ0) is 12.2. The van der Waals surface area contributed by atoms with Gasteiger partial charge in [-0.25, -0.2) is 0 Å². The van der Waals surface area contributed by atoms with Gasteiger partial charge in [-0.3, -0.25) is 0 Å². The number of ether oxygens (including phenoxy) is 2. The predicted molar refractivity (Wildman–Crippen MR) is 62.1 cm³/mol. The molecule has 1 rings (SSSR count). The van der Waals surface area contributed by atoms with Gasteiger partial charge in [0.05, 0.1) is 14.1 Å². The standard InChI is InChI=1S/C13H20O2/c1-13(2,12(15-4)10-14-3)11-8-6-5-7-9-11/h5-9,12H,10H2,1-4H3/t12-/m0/s1/i10D/t10-,12+/m1. The van der Waals surface area contributed by atoms with E-state index in [-0.39, 0.29) is 11.5 Å². The third-order valence-corrected chi connectivity index (χ3v) is 2.74. The van der Waals surface area contributed by atoms with Crippen molar-refractivity contribution in [2.75, 3.05) is 20.8 Å². The molecule has 1 aromatic rings. The highest BCUT2D eigenvalue weighted by Gasteiger charge is 2.31. The maximum Gasteiger partial charge on any atom is 0.0895 e. The number of benzene rings is 1. The maximum atomic E-state index is 7.84. The first-order valence-corrected chi connectivity index (χ1v) is 5.07. The van der Waals surface area contributed by atoms with Crippen molar-refractivity contribution in [3.63, 3.8) is 0 Å². The Kier molecular flexibility index (Phi) is 3.75. The Bertz CT molecular complexity index is 311. The molecule has 2 atom stereocenters. The summed E-state index contributed by atoms with van der Waals surface area (Å²) in [6.45, 7) is 3.45. The Morgan fingerprint density at radius 3 is 2.33 bits per heavy atom. The van der Waals surface area contributed by atoms with E-state index >= 15 is 0 Å². The summed E-state index contributed by atoms with van der Waals surface area (Å²) in [5, 5.41) is 0. The minimum Gasteiger partial charge on any atom is -0.382 e. The molecule has 0 bridgehead atoms. The zero-order valence-corrected chi connectivity index (χ0v) is 9.86. The highest BCUT2D eigenvalue weighted by atomic mass is 16.5. The van der Waals surface area contributed by atoms with E-state index in [0.29, 0.717) is 0 Å². The smallest absolute Gasteiger partial charge is 0.0895 e. The molecule has 0 aromatic heterocycles. The molecule has 0 radical (unpaired) electrons. The van der Waals surface area contributed by atoms with Crippen molar-refractivity contribution < 1.29 is 10.8 Å². The van der Waals surface area contributed by atoms with E-state index < -0.39 is 6.58 Å². The average molecular weight is 209 g/mol. The van der Waals surface area contributed by atoms with E-state index in [9.17, 15) is 0 Å². The Labute approximate surface area is 93.6 Å². The van der Waals surface area contributed by atoms with Crippen LogP contribution in [0.3, 0.4) is 0 Å². The normalized spacial score (nSPS) is 16.9. The molecule has 0 unspecified atom stereocenters. The summed E-state index contributed by atoms with van der Waals surface area (Å²) < 4.78 is 18.3. The molecule has 1 aromatic carbocycles.